The highest BCUT2D eigenvalue weighted by Gasteiger charge is 2.36. The van der Waals surface area contributed by atoms with Gasteiger partial charge in [-0.15, -0.1) is 0 Å². The number of para-hydroxylation sites is 1. The van der Waals surface area contributed by atoms with E-state index in [9.17, 15) is 9.59 Å². The van der Waals surface area contributed by atoms with Crippen molar-refractivity contribution in [1.29, 1.82) is 0 Å². The summed E-state index contributed by atoms with van der Waals surface area (Å²) in [6, 6.07) is 7.27. The molecule has 1 unspecified atom stereocenters. The molecule has 5 nitrogen and oxygen atoms in total. The van der Waals surface area contributed by atoms with Gasteiger partial charge >= 0.3 is 0 Å². The topological polar surface area (TPSA) is 66.1 Å². The van der Waals surface area contributed by atoms with Gasteiger partial charge in [-0.2, -0.15) is 0 Å². The molecule has 2 aromatic rings. The van der Waals surface area contributed by atoms with Gasteiger partial charge in [0.1, 0.15) is 5.82 Å². The first-order chi connectivity index (χ1) is 11.2. The van der Waals surface area contributed by atoms with Crippen LogP contribution in [0.1, 0.15) is 50.4 Å². The number of benzene rings is 1. The molecular weight excluding hydrogens is 290 g/mol. The molecule has 23 heavy (non-hydrogen) atoms. The lowest BCUT2D eigenvalue weighted by Crippen LogP contribution is -2.36. The molecule has 0 spiro atoms. The highest BCUT2D eigenvalue weighted by Crippen LogP contribution is 2.35. The van der Waals surface area contributed by atoms with E-state index in [1.807, 2.05) is 23.1 Å². The van der Waals surface area contributed by atoms with Crippen molar-refractivity contribution in [1.82, 2.24) is 14.9 Å². The molecule has 1 saturated heterocycles. The smallest absolute Gasteiger partial charge is 0.258 e. The first kappa shape index (κ1) is 14.4. The zero-order valence-corrected chi connectivity index (χ0v) is 13.1. The van der Waals surface area contributed by atoms with E-state index in [2.05, 4.69) is 9.97 Å². The first-order valence-electron chi connectivity index (χ1n) is 8.53. The summed E-state index contributed by atoms with van der Waals surface area (Å²) in [5.74, 6) is 1.06. The summed E-state index contributed by atoms with van der Waals surface area (Å²) in [6.07, 6.45) is 6.16. The van der Waals surface area contributed by atoms with Gasteiger partial charge in [-0.1, -0.05) is 25.0 Å². The molecule has 4 rings (SSSR count). The molecule has 2 aliphatic rings. The monoisotopic (exact) mass is 311 g/mol. The second kappa shape index (κ2) is 5.80. The standard InChI is InChI=1S/C18H21N3O2/c22-17-13-8-3-4-9-14(13)19-16(20-17)15-10-5-11-21(15)18(23)12-6-1-2-7-12/h3-4,8-9,12,15H,1-2,5-7,10-11H2,(H,19,20,22). The van der Waals surface area contributed by atoms with E-state index in [-0.39, 0.29) is 23.4 Å². The van der Waals surface area contributed by atoms with E-state index in [0.29, 0.717) is 16.7 Å². The minimum atomic E-state index is -0.120. The second-order valence-electron chi connectivity index (χ2n) is 6.64. The Morgan fingerprint density at radius 1 is 1.13 bits per heavy atom. The van der Waals surface area contributed by atoms with E-state index in [0.717, 1.165) is 45.1 Å². The number of fused-ring (bicyclic) bond motifs is 1. The molecule has 2 heterocycles. The molecule has 1 saturated carbocycles. The summed E-state index contributed by atoms with van der Waals surface area (Å²) < 4.78 is 0. The molecule has 1 amide bonds. The number of nitrogens with zero attached hydrogens (tertiary/aromatic N) is 2. The molecular formula is C18H21N3O2. The molecule has 5 heteroatoms. The van der Waals surface area contributed by atoms with Crippen LogP contribution in [0.4, 0.5) is 0 Å². The Morgan fingerprint density at radius 3 is 2.74 bits per heavy atom. The number of amides is 1. The Kier molecular flexibility index (Phi) is 3.63. The number of carbonyl (C=O) groups excluding carboxylic acids is 1. The summed E-state index contributed by atoms with van der Waals surface area (Å²) in [7, 11) is 0. The normalized spacial score (nSPS) is 22.1. The zero-order valence-electron chi connectivity index (χ0n) is 13.1. The van der Waals surface area contributed by atoms with Crippen LogP contribution < -0.4 is 5.56 Å². The third-order valence-electron chi connectivity index (χ3n) is 5.19. The zero-order chi connectivity index (χ0) is 15.8. The summed E-state index contributed by atoms with van der Waals surface area (Å²) in [5, 5.41) is 0.600. The maximum Gasteiger partial charge on any atom is 0.258 e. The van der Waals surface area contributed by atoms with Crippen molar-refractivity contribution >= 4 is 16.8 Å². The van der Waals surface area contributed by atoms with Gasteiger partial charge in [0.15, 0.2) is 0 Å². The molecule has 1 aromatic heterocycles. The van der Waals surface area contributed by atoms with Gasteiger partial charge in [0.05, 0.1) is 16.9 Å². The lowest BCUT2D eigenvalue weighted by Gasteiger charge is -2.26. The van der Waals surface area contributed by atoms with Crippen LogP contribution >= 0.6 is 0 Å². The molecule has 1 atom stereocenters. The number of H-pyrrole nitrogens is 1. The highest BCUT2D eigenvalue weighted by molar-refractivity contribution is 5.80. The fourth-order valence-corrected chi connectivity index (χ4v) is 3.98. The summed E-state index contributed by atoms with van der Waals surface area (Å²) in [5.41, 5.74) is 0.581. The lowest BCUT2D eigenvalue weighted by molar-refractivity contribution is -0.136. The molecule has 120 valence electrons. The lowest BCUT2D eigenvalue weighted by atomic mass is 10.1. The van der Waals surface area contributed by atoms with E-state index in [4.69, 9.17) is 0 Å². The number of hydrogen-bond donors (Lipinski definition) is 1. The quantitative estimate of drug-likeness (QED) is 0.927. The highest BCUT2D eigenvalue weighted by atomic mass is 16.2. The van der Waals surface area contributed by atoms with Gasteiger partial charge in [0, 0.05) is 12.5 Å². The molecule has 1 aliphatic carbocycles. The fourth-order valence-electron chi connectivity index (χ4n) is 3.98. The molecule has 0 bridgehead atoms. The average molecular weight is 311 g/mol. The minimum absolute atomic E-state index is 0.0830. The van der Waals surface area contributed by atoms with E-state index in [1.54, 1.807) is 6.07 Å². The number of aromatic nitrogens is 2. The van der Waals surface area contributed by atoms with Crippen molar-refractivity contribution in [2.24, 2.45) is 5.92 Å². The summed E-state index contributed by atoms with van der Waals surface area (Å²) in [4.78, 5) is 34.6. The molecule has 0 radical (unpaired) electrons. The Bertz CT molecular complexity index is 792. The van der Waals surface area contributed by atoms with Crippen molar-refractivity contribution < 1.29 is 4.79 Å². The van der Waals surface area contributed by atoms with Crippen molar-refractivity contribution in [2.75, 3.05) is 6.54 Å². The SMILES string of the molecule is O=C(C1CCCC1)N1CCCC1c1nc2ccccc2c(=O)[nH]1. The van der Waals surface area contributed by atoms with Crippen LogP contribution in [0.25, 0.3) is 10.9 Å². The van der Waals surface area contributed by atoms with Crippen LogP contribution in [0, 0.1) is 5.92 Å². The number of hydrogen-bond acceptors (Lipinski definition) is 3. The van der Waals surface area contributed by atoms with Gasteiger partial charge < -0.3 is 9.88 Å². The number of aromatic amines is 1. The number of nitrogens with one attached hydrogen (secondary N) is 1. The molecule has 1 aliphatic heterocycles. The Hall–Kier alpha value is -2.17. The Labute approximate surface area is 134 Å². The van der Waals surface area contributed by atoms with Crippen molar-refractivity contribution in [3.63, 3.8) is 0 Å². The van der Waals surface area contributed by atoms with Crippen molar-refractivity contribution in [2.45, 2.75) is 44.6 Å². The van der Waals surface area contributed by atoms with Crippen LogP contribution in [0.2, 0.25) is 0 Å². The predicted octanol–water partition coefficient (Wildman–Crippen LogP) is 2.78. The number of likely N-dealkylation sites (tertiary alicyclic amines) is 1. The largest absolute Gasteiger partial charge is 0.332 e. The second-order valence-corrected chi connectivity index (χ2v) is 6.64. The fraction of sp³-hybridized carbons (Fsp3) is 0.500. The summed E-state index contributed by atoms with van der Waals surface area (Å²) in [6.45, 7) is 0.774. The van der Waals surface area contributed by atoms with Crippen molar-refractivity contribution in [3.8, 4) is 0 Å². The molecule has 2 fully saturated rings. The third-order valence-corrected chi connectivity index (χ3v) is 5.19. The van der Waals surface area contributed by atoms with Gasteiger partial charge in [-0.25, -0.2) is 4.98 Å². The van der Waals surface area contributed by atoms with Crippen LogP contribution in [0.5, 0.6) is 0 Å². The predicted molar refractivity (Wildman–Crippen MR) is 88.0 cm³/mol. The molecule has 1 aromatic carbocycles. The van der Waals surface area contributed by atoms with E-state index in [1.165, 1.54) is 0 Å². The van der Waals surface area contributed by atoms with Gasteiger partial charge in [-0.3, -0.25) is 9.59 Å². The summed E-state index contributed by atoms with van der Waals surface area (Å²) >= 11 is 0. The Morgan fingerprint density at radius 2 is 1.91 bits per heavy atom. The number of rotatable bonds is 2. The van der Waals surface area contributed by atoms with Gasteiger partial charge in [0.2, 0.25) is 5.91 Å². The maximum atomic E-state index is 12.8. The van der Waals surface area contributed by atoms with E-state index < -0.39 is 0 Å². The van der Waals surface area contributed by atoms with Crippen LogP contribution in [0.15, 0.2) is 29.1 Å². The van der Waals surface area contributed by atoms with Gasteiger partial charge in [0.25, 0.3) is 5.56 Å². The van der Waals surface area contributed by atoms with Crippen LogP contribution in [-0.2, 0) is 4.79 Å². The van der Waals surface area contributed by atoms with Crippen molar-refractivity contribution in [3.05, 3.63) is 40.4 Å². The Balaban J connectivity index is 1.68. The van der Waals surface area contributed by atoms with Gasteiger partial charge in [-0.05, 0) is 37.8 Å². The minimum Gasteiger partial charge on any atom is -0.332 e. The average Bonchev–Trinajstić information content (AvgIpc) is 3.26. The first-order valence-corrected chi connectivity index (χ1v) is 8.53. The van der Waals surface area contributed by atoms with Crippen LogP contribution in [-0.4, -0.2) is 27.3 Å². The van der Waals surface area contributed by atoms with Crippen LogP contribution in [0.3, 0.4) is 0 Å². The molecule has 1 N–H and O–H groups in total. The third kappa shape index (κ3) is 2.54. The van der Waals surface area contributed by atoms with E-state index >= 15 is 0 Å². The number of carbonyl (C=O) groups is 1. The maximum absolute atomic E-state index is 12.8.